The molecular weight excluding hydrogens is 355 g/mol. The molecule has 0 bridgehead atoms. The van der Waals surface area contributed by atoms with Crippen molar-refractivity contribution in [1.29, 1.82) is 0 Å². The van der Waals surface area contributed by atoms with Crippen LogP contribution in [0.1, 0.15) is 16.1 Å². The van der Waals surface area contributed by atoms with E-state index < -0.39 is 0 Å². The Morgan fingerprint density at radius 1 is 1.31 bits per heavy atom. The number of rotatable bonds is 5. The fraction of sp³-hybridized carbons (Fsp3) is 0.278. The fourth-order valence-electron chi connectivity index (χ4n) is 2.59. The Labute approximate surface area is 155 Å². The van der Waals surface area contributed by atoms with E-state index in [0.717, 1.165) is 5.56 Å². The molecule has 0 N–H and O–H groups in total. The van der Waals surface area contributed by atoms with Crippen LogP contribution in [0.25, 0.3) is 6.08 Å². The summed E-state index contributed by atoms with van der Waals surface area (Å²) in [6, 6.07) is 7.75. The molecule has 6 nitrogen and oxygen atoms in total. The number of methoxy groups -OCH3 is 1. The van der Waals surface area contributed by atoms with Crippen LogP contribution >= 0.6 is 11.8 Å². The monoisotopic (exact) mass is 374 g/mol. The number of thioether (sulfide) groups is 1. The molecule has 3 rings (SSSR count). The van der Waals surface area contributed by atoms with E-state index in [4.69, 9.17) is 4.74 Å². The van der Waals surface area contributed by atoms with Crippen molar-refractivity contribution < 1.29 is 13.9 Å². The fourth-order valence-corrected chi connectivity index (χ4v) is 2.95. The lowest BCUT2D eigenvalue weighted by Crippen LogP contribution is -2.38. The van der Waals surface area contributed by atoms with E-state index in [-0.39, 0.29) is 17.8 Å². The van der Waals surface area contributed by atoms with Crippen LogP contribution in [0.15, 0.2) is 47.9 Å². The molecule has 2 aromatic rings. The zero-order valence-electron chi connectivity index (χ0n) is 14.5. The smallest absolute Gasteiger partial charge is 0.291 e. The Kier molecular flexibility index (Phi) is 5.85. The van der Waals surface area contributed by atoms with Gasteiger partial charge in [0, 0.05) is 19.5 Å². The Bertz CT molecular complexity index is 800. The summed E-state index contributed by atoms with van der Waals surface area (Å²) < 4.78 is 18.4. The first-order valence-corrected chi connectivity index (χ1v) is 9.25. The summed E-state index contributed by atoms with van der Waals surface area (Å²) in [5.41, 5.74) is 1.17. The van der Waals surface area contributed by atoms with Crippen LogP contribution < -0.4 is 0 Å². The van der Waals surface area contributed by atoms with E-state index in [1.54, 1.807) is 47.7 Å². The maximum absolute atomic E-state index is 13.0. The second kappa shape index (κ2) is 8.29. The van der Waals surface area contributed by atoms with Crippen LogP contribution in [0, 0.1) is 5.82 Å². The van der Waals surface area contributed by atoms with Gasteiger partial charge in [0.2, 0.25) is 0 Å². The van der Waals surface area contributed by atoms with Gasteiger partial charge in [0.05, 0.1) is 19.2 Å². The lowest BCUT2D eigenvalue weighted by molar-refractivity contribution is 0.0414. The molecule has 1 aliphatic heterocycles. The summed E-state index contributed by atoms with van der Waals surface area (Å²) in [5, 5.41) is 3.94. The molecule has 1 fully saturated rings. The topological polar surface area (TPSA) is 58.6 Å². The lowest BCUT2D eigenvalue weighted by Gasteiger charge is -2.25. The number of halogens is 1. The Hall–Kier alpha value is -2.45. The standard InChI is InChI=1S/C18H19FN4O2S/c1-25-15-11-22(10-8-13-3-5-14(19)6-4-13)23(12-15)17(24)16-7-9-20-18(21-16)26-2/h3-10,15H,11-12H2,1-2H3. The molecule has 1 aliphatic rings. The maximum Gasteiger partial charge on any atom is 0.291 e. The van der Waals surface area contributed by atoms with Gasteiger partial charge in [0.1, 0.15) is 11.5 Å². The Morgan fingerprint density at radius 3 is 2.77 bits per heavy atom. The highest BCUT2D eigenvalue weighted by Crippen LogP contribution is 2.19. The van der Waals surface area contributed by atoms with Crippen molar-refractivity contribution in [3.63, 3.8) is 0 Å². The normalized spacial score (nSPS) is 17.3. The van der Waals surface area contributed by atoms with E-state index in [1.807, 2.05) is 12.3 Å². The van der Waals surface area contributed by atoms with Gasteiger partial charge in [0.25, 0.3) is 5.91 Å². The number of hydrogen-bond acceptors (Lipinski definition) is 6. The predicted octanol–water partition coefficient (Wildman–Crippen LogP) is 2.70. The number of benzene rings is 1. The minimum atomic E-state index is -0.284. The van der Waals surface area contributed by atoms with E-state index >= 15 is 0 Å². The van der Waals surface area contributed by atoms with Crippen molar-refractivity contribution in [2.75, 3.05) is 26.5 Å². The molecular formula is C18H19FN4O2S. The summed E-state index contributed by atoms with van der Waals surface area (Å²) >= 11 is 1.38. The third-order valence-electron chi connectivity index (χ3n) is 3.99. The number of carbonyl (C=O) groups is 1. The zero-order valence-corrected chi connectivity index (χ0v) is 15.3. The molecule has 1 unspecified atom stereocenters. The van der Waals surface area contributed by atoms with Crippen molar-refractivity contribution in [2.24, 2.45) is 0 Å². The molecule has 1 saturated heterocycles. The van der Waals surface area contributed by atoms with Crippen LogP contribution in [0.5, 0.6) is 0 Å². The number of aromatic nitrogens is 2. The molecule has 0 radical (unpaired) electrons. The van der Waals surface area contributed by atoms with E-state index in [9.17, 15) is 9.18 Å². The number of hydrogen-bond donors (Lipinski definition) is 0. The largest absolute Gasteiger partial charge is 0.378 e. The number of ether oxygens (including phenoxy) is 1. The van der Waals surface area contributed by atoms with E-state index in [0.29, 0.717) is 23.9 Å². The predicted molar refractivity (Wildman–Crippen MR) is 97.8 cm³/mol. The number of hydrazine groups is 1. The van der Waals surface area contributed by atoms with Gasteiger partial charge in [0.15, 0.2) is 5.16 Å². The highest BCUT2D eigenvalue weighted by molar-refractivity contribution is 7.98. The first-order valence-electron chi connectivity index (χ1n) is 8.02. The van der Waals surface area contributed by atoms with Gasteiger partial charge < -0.3 is 4.74 Å². The van der Waals surface area contributed by atoms with Crippen LogP contribution in [0.3, 0.4) is 0 Å². The SMILES string of the molecule is COC1CN(C=Cc2ccc(F)cc2)N(C(=O)c2ccnc(SC)n2)C1. The number of carbonyl (C=O) groups excluding carboxylic acids is 1. The molecule has 0 saturated carbocycles. The molecule has 2 heterocycles. The van der Waals surface area contributed by atoms with Crippen molar-refractivity contribution in [3.05, 3.63) is 59.8 Å². The minimum Gasteiger partial charge on any atom is -0.378 e. The minimum absolute atomic E-state index is 0.0984. The number of nitrogens with zero attached hydrogens (tertiary/aromatic N) is 4. The third-order valence-corrected chi connectivity index (χ3v) is 4.55. The molecule has 0 aliphatic carbocycles. The zero-order chi connectivity index (χ0) is 18.5. The Balaban J connectivity index is 1.80. The molecule has 1 atom stereocenters. The lowest BCUT2D eigenvalue weighted by atomic mass is 10.2. The summed E-state index contributed by atoms with van der Waals surface area (Å²) in [6.45, 7) is 0.974. The van der Waals surface area contributed by atoms with Crippen LogP contribution in [-0.2, 0) is 4.74 Å². The summed E-state index contributed by atoms with van der Waals surface area (Å²) in [4.78, 5) is 21.3. The van der Waals surface area contributed by atoms with E-state index in [1.165, 1.54) is 23.9 Å². The van der Waals surface area contributed by atoms with Crippen molar-refractivity contribution in [1.82, 2.24) is 20.0 Å². The molecule has 0 spiro atoms. The van der Waals surface area contributed by atoms with Gasteiger partial charge in [-0.1, -0.05) is 23.9 Å². The summed E-state index contributed by atoms with van der Waals surface area (Å²) in [5.74, 6) is -0.501. The molecule has 1 aromatic carbocycles. The number of amides is 1. The van der Waals surface area contributed by atoms with Crippen molar-refractivity contribution in [2.45, 2.75) is 11.3 Å². The van der Waals surface area contributed by atoms with Crippen LogP contribution in [0.2, 0.25) is 0 Å². The molecule has 1 amide bonds. The highest BCUT2D eigenvalue weighted by atomic mass is 32.2. The van der Waals surface area contributed by atoms with Crippen molar-refractivity contribution >= 4 is 23.7 Å². The van der Waals surface area contributed by atoms with Gasteiger partial charge in [-0.2, -0.15) is 0 Å². The van der Waals surface area contributed by atoms with Gasteiger partial charge in [-0.05, 0) is 36.1 Å². The van der Waals surface area contributed by atoms with Gasteiger partial charge in [-0.15, -0.1) is 0 Å². The van der Waals surface area contributed by atoms with Crippen LogP contribution in [0.4, 0.5) is 4.39 Å². The van der Waals surface area contributed by atoms with Crippen molar-refractivity contribution in [3.8, 4) is 0 Å². The molecule has 136 valence electrons. The average molecular weight is 374 g/mol. The quantitative estimate of drug-likeness (QED) is 0.592. The second-order valence-electron chi connectivity index (χ2n) is 5.66. The molecule has 8 heteroatoms. The first-order chi connectivity index (χ1) is 12.6. The summed E-state index contributed by atoms with van der Waals surface area (Å²) in [7, 11) is 1.62. The third kappa shape index (κ3) is 4.20. The molecule has 1 aromatic heterocycles. The van der Waals surface area contributed by atoms with Crippen LogP contribution in [-0.4, -0.2) is 58.5 Å². The summed E-state index contributed by atoms with van der Waals surface area (Å²) in [6.07, 6.45) is 6.96. The maximum atomic E-state index is 13.0. The average Bonchev–Trinajstić information content (AvgIpc) is 3.10. The van der Waals surface area contributed by atoms with E-state index in [2.05, 4.69) is 9.97 Å². The Morgan fingerprint density at radius 2 is 2.08 bits per heavy atom. The molecule has 26 heavy (non-hydrogen) atoms. The van der Waals surface area contributed by atoms with Gasteiger partial charge in [-0.3, -0.25) is 9.80 Å². The first kappa shape index (κ1) is 18.3. The van der Waals surface area contributed by atoms with Gasteiger partial charge >= 0.3 is 0 Å². The highest BCUT2D eigenvalue weighted by Gasteiger charge is 2.33. The second-order valence-corrected chi connectivity index (χ2v) is 6.44. The van der Waals surface area contributed by atoms with Gasteiger partial charge in [-0.25, -0.2) is 19.4 Å².